The molecule has 0 N–H and O–H groups in total. The van der Waals surface area contributed by atoms with Crippen LogP contribution in [-0.4, -0.2) is 40.6 Å². The van der Waals surface area contributed by atoms with Crippen molar-refractivity contribution in [3.05, 3.63) is 58.9 Å². The molecule has 6 heteroatoms. The molecule has 0 bridgehead atoms. The molecule has 3 aromatic rings. The number of hydrogen-bond acceptors (Lipinski definition) is 5. The highest BCUT2D eigenvalue weighted by molar-refractivity contribution is 6.06. The van der Waals surface area contributed by atoms with E-state index in [0.29, 0.717) is 42.1 Å². The molecular weight excluding hydrogens is 342 g/mol. The fourth-order valence-electron chi connectivity index (χ4n) is 3.45. The second kappa shape index (κ2) is 7.12. The molecule has 1 aliphatic rings. The van der Waals surface area contributed by atoms with Crippen molar-refractivity contribution in [1.29, 1.82) is 0 Å². The van der Waals surface area contributed by atoms with E-state index in [1.54, 1.807) is 0 Å². The van der Waals surface area contributed by atoms with Crippen LogP contribution in [0.1, 0.15) is 53.2 Å². The Morgan fingerprint density at radius 3 is 2.78 bits per heavy atom. The Bertz CT molecular complexity index is 965. The van der Waals surface area contributed by atoms with Crippen LogP contribution in [0.3, 0.4) is 0 Å². The van der Waals surface area contributed by atoms with Crippen molar-refractivity contribution < 1.29 is 14.1 Å². The zero-order valence-electron chi connectivity index (χ0n) is 15.8. The number of aromatic nitrogens is 2. The van der Waals surface area contributed by atoms with Crippen molar-refractivity contribution in [3.8, 4) is 0 Å². The molecule has 0 spiro atoms. The Balaban J connectivity index is 1.69. The summed E-state index contributed by atoms with van der Waals surface area (Å²) in [6.45, 7) is 7.53. The molecule has 1 aromatic carbocycles. The summed E-state index contributed by atoms with van der Waals surface area (Å²) in [6, 6.07) is 11.9. The van der Waals surface area contributed by atoms with Crippen LogP contribution in [-0.2, 0) is 4.74 Å². The number of carbonyl (C=O) groups excluding carboxylic acids is 1. The van der Waals surface area contributed by atoms with E-state index in [1.807, 2.05) is 62.1 Å². The van der Waals surface area contributed by atoms with E-state index in [9.17, 15) is 4.79 Å². The van der Waals surface area contributed by atoms with Gasteiger partial charge >= 0.3 is 0 Å². The van der Waals surface area contributed by atoms with Gasteiger partial charge in [0.1, 0.15) is 6.10 Å². The molecule has 1 saturated heterocycles. The molecule has 0 aliphatic carbocycles. The standard InChI is InChI=1S/C21H23N3O3/c1-13(2)17-11-16(19-14(3)23-27-20(19)22-17)21(25)24-9-10-26-18(12-24)15-7-5-4-6-8-15/h4-8,11,13,18H,9-10,12H2,1-3H3/t18-/m1/s1. The van der Waals surface area contributed by atoms with Crippen LogP contribution in [0.5, 0.6) is 0 Å². The average Bonchev–Trinajstić information content (AvgIpc) is 3.08. The highest BCUT2D eigenvalue weighted by Crippen LogP contribution is 2.28. The molecule has 140 valence electrons. The monoisotopic (exact) mass is 365 g/mol. The number of ether oxygens (including phenoxy) is 1. The zero-order valence-corrected chi connectivity index (χ0v) is 15.8. The molecule has 6 nitrogen and oxygen atoms in total. The molecule has 0 unspecified atom stereocenters. The van der Waals surface area contributed by atoms with Gasteiger partial charge in [0.2, 0.25) is 0 Å². The highest BCUT2D eigenvalue weighted by Gasteiger charge is 2.29. The molecule has 27 heavy (non-hydrogen) atoms. The van der Waals surface area contributed by atoms with Crippen molar-refractivity contribution in [2.24, 2.45) is 0 Å². The van der Waals surface area contributed by atoms with Crippen molar-refractivity contribution in [1.82, 2.24) is 15.0 Å². The first kappa shape index (κ1) is 17.7. The normalized spacial score (nSPS) is 17.6. The van der Waals surface area contributed by atoms with Crippen LogP contribution >= 0.6 is 0 Å². The number of hydrogen-bond donors (Lipinski definition) is 0. The molecule has 1 atom stereocenters. The Morgan fingerprint density at radius 2 is 2.04 bits per heavy atom. The van der Waals surface area contributed by atoms with Gasteiger partial charge in [-0.1, -0.05) is 49.3 Å². The third-order valence-electron chi connectivity index (χ3n) is 4.98. The van der Waals surface area contributed by atoms with Crippen LogP contribution in [0.25, 0.3) is 11.1 Å². The summed E-state index contributed by atoms with van der Waals surface area (Å²) < 4.78 is 11.3. The number of aryl methyl sites for hydroxylation is 1. The van der Waals surface area contributed by atoms with E-state index in [2.05, 4.69) is 10.1 Å². The molecule has 1 amide bonds. The van der Waals surface area contributed by atoms with Crippen LogP contribution in [0.2, 0.25) is 0 Å². The third kappa shape index (κ3) is 3.32. The minimum atomic E-state index is -0.116. The van der Waals surface area contributed by atoms with Gasteiger partial charge in [0.25, 0.3) is 11.6 Å². The second-order valence-electron chi connectivity index (χ2n) is 7.22. The summed E-state index contributed by atoms with van der Waals surface area (Å²) in [5, 5.41) is 4.72. The van der Waals surface area contributed by atoms with Crippen LogP contribution in [0.15, 0.2) is 40.9 Å². The largest absolute Gasteiger partial charge is 0.370 e. The Morgan fingerprint density at radius 1 is 1.26 bits per heavy atom. The Kier molecular flexibility index (Phi) is 4.66. The summed E-state index contributed by atoms with van der Waals surface area (Å²) in [4.78, 5) is 19.8. The Labute approximate surface area is 158 Å². The average molecular weight is 365 g/mol. The molecule has 1 fully saturated rings. The third-order valence-corrected chi connectivity index (χ3v) is 4.98. The van der Waals surface area contributed by atoms with Crippen molar-refractivity contribution in [2.75, 3.05) is 19.7 Å². The first-order chi connectivity index (χ1) is 13.0. The lowest BCUT2D eigenvalue weighted by Gasteiger charge is -2.33. The molecule has 4 rings (SSSR count). The Hall–Kier alpha value is -2.73. The van der Waals surface area contributed by atoms with Crippen LogP contribution in [0.4, 0.5) is 0 Å². The van der Waals surface area contributed by atoms with E-state index in [-0.39, 0.29) is 17.9 Å². The maximum Gasteiger partial charge on any atom is 0.259 e. The van der Waals surface area contributed by atoms with Gasteiger partial charge in [-0.25, -0.2) is 4.98 Å². The van der Waals surface area contributed by atoms with Gasteiger partial charge in [-0.15, -0.1) is 0 Å². The first-order valence-electron chi connectivity index (χ1n) is 9.27. The molecule has 0 saturated carbocycles. The topological polar surface area (TPSA) is 68.5 Å². The van der Waals surface area contributed by atoms with Crippen LogP contribution < -0.4 is 0 Å². The van der Waals surface area contributed by atoms with Gasteiger partial charge in [0.15, 0.2) is 0 Å². The predicted octanol–water partition coefficient (Wildman–Crippen LogP) is 3.87. The number of fused-ring (bicyclic) bond motifs is 1. The molecule has 0 radical (unpaired) electrons. The molecule has 1 aliphatic heterocycles. The summed E-state index contributed by atoms with van der Waals surface area (Å²) in [5.74, 6) is 0.160. The zero-order chi connectivity index (χ0) is 19.0. The van der Waals surface area contributed by atoms with Gasteiger partial charge in [-0.2, -0.15) is 0 Å². The summed E-state index contributed by atoms with van der Waals surface area (Å²) >= 11 is 0. The quantitative estimate of drug-likeness (QED) is 0.705. The summed E-state index contributed by atoms with van der Waals surface area (Å²) in [6.07, 6.45) is -0.116. The predicted molar refractivity (Wildman–Crippen MR) is 102 cm³/mol. The molecular formula is C21H23N3O3. The number of carbonyl (C=O) groups is 1. The minimum absolute atomic E-state index is 0.0279. The number of pyridine rings is 1. The lowest BCUT2D eigenvalue weighted by atomic mass is 10.0. The van der Waals surface area contributed by atoms with E-state index in [4.69, 9.17) is 9.26 Å². The fraction of sp³-hybridized carbons (Fsp3) is 0.381. The van der Waals surface area contributed by atoms with Crippen molar-refractivity contribution in [2.45, 2.75) is 32.8 Å². The van der Waals surface area contributed by atoms with E-state index in [0.717, 1.165) is 11.3 Å². The minimum Gasteiger partial charge on any atom is -0.370 e. The summed E-state index contributed by atoms with van der Waals surface area (Å²) in [5.41, 5.74) is 3.63. The van der Waals surface area contributed by atoms with Gasteiger partial charge in [0.05, 0.1) is 29.8 Å². The number of amides is 1. The van der Waals surface area contributed by atoms with E-state index in [1.165, 1.54) is 0 Å². The van der Waals surface area contributed by atoms with E-state index >= 15 is 0 Å². The summed E-state index contributed by atoms with van der Waals surface area (Å²) in [7, 11) is 0. The van der Waals surface area contributed by atoms with Crippen molar-refractivity contribution >= 4 is 17.0 Å². The maximum absolute atomic E-state index is 13.4. The number of benzene rings is 1. The molecule has 2 aromatic heterocycles. The lowest BCUT2D eigenvalue weighted by Crippen LogP contribution is -2.42. The fourth-order valence-corrected chi connectivity index (χ4v) is 3.45. The van der Waals surface area contributed by atoms with Crippen LogP contribution in [0, 0.1) is 6.92 Å². The first-order valence-corrected chi connectivity index (χ1v) is 9.27. The smallest absolute Gasteiger partial charge is 0.259 e. The SMILES string of the molecule is Cc1noc2nc(C(C)C)cc(C(=O)N3CCO[C@@H](c4ccccc4)C3)c12. The van der Waals surface area contributed by atoms with Crippen molar-refractivity contribution in [3.63, 3.8) is 0 Å². The van der Waals surface area contributed by atoms with Gasteiger partial charge in [-0.05, 0) is 24.5 Å². The lowest BCUT2D eigenvalue weighted by molar-refractivity contribution is -0.0227. The van der Waals surface area contributed by atoms with Gasteiger partial charge in [-0.3, -0.25) is 4.79 Å². The number of rotatable bonds is 3. The number of morpholine rings is 1. The van der Waals surface area contributed by atoms with Gasteiger partial charge in [0, 0.05) is 12.2 Å². The maximum atomic E-state index is 13.4. The van der Waals surface area contributed by atoms with Gasteiger partial charge < -0.3 is 14.2 Å². The number of nitrogens with zero attached hydrogens (tertiary/aromatic N) is 3. The highest BCUT2D eigenvalue weighted by atomic mass is 16.5. The second-order valence-corrected chi connectivity index (χ2v) is 7.22. The van der Waals surface area contributed by atoms with E-state index < -0.39 is 0 Å². The molecule has 3 heterocycles.